The van der Waals surface area contributed by atoms with Crippen LogP contribution in [0.4, 0.5) is 5.69 Å². The van der Waals surface area contributed by atoms with Crippen molar-refractivity contribution in [2.45, 2.75) is 12.8 Å². The van der Waals surface area contributed by atoms with Crippen LogP contribution >= 0.6 is 11.3 Å². The number of rotatable bonds is 4. The Kier molecular flexibility index (Phi) is 3.94. The normalized spacial score (nSPS) is 12.1. The number of carbonyl (C=O) groups excluding carboxylic acids is 1. The maximum Gasteiger partial charge on any atom is 0.251 e. The number of nitrogens with one attached hydrogen (secondary N) is 1. The van der Waals surface area contributed by atoms with Gasteiger partial charge in [-0.25, -0.2) is 4.98 Å². The largest absolute Gasteiger partial charge is 0.399 e. The van der Waals surface area contributed by atoms with E-state index in [1.807, 2.05) is 12.3 Å². The van der Waals surface area contributed by atoms with Crippen molar-refractivity contribution in [2.75, 3.05) is 12.3 Å². The fourth-order valence-corrected chi connectivity index (χ4v) is 2.29. The summed E-state index contributed by atoms with van der Waals surface area (Å²) in [5.74, 6) is 0.112. The standard InChI is InChI=1S/C13H15N3OS/c1-9(13-15-5-6-18-13)8-16-12(17)10-3-2-4-11(14)7-10/h2-7,9H,8,14H2,1H3,(H,16,17). The molecule has 4 nitrogen and oxygen atoms in total. The van der Waals surface area contributed by atoms with Gasteiger partial charge in [0.1, 0.15) is 0 Å². The summed E-state index contributed by atoms with van der Waals surface area (Å²) in [7, 11) is 0. The number of thiazole rings is 1. The average Bonchev–Trinajstić information content (AvgIpc) is 2.89. The van der Waals surface area contributed by atoms with Gasteiger partial charge in [-0.15, -0.1) is 11.3 Å². The predicted octanol–water partition coefficient (Wildman–Crippen LogP) is 2.26. The molecular formula is C13H15N3OS. The van der Waals surface area contributed by atoms with Gasteiger partial charge in [-0.2, -0.15) is 0 Å². The Bertz CT molecular complexity index is 525. The van der Waals surface area contributed by atoms with Crippen molar-refractivity contribution >= 4 is 22.9 Å². The molecule has 18 heavy (non-hydrogen) atoms. The number of nitrogens with zero attached hydrogens (tertiary/aromatic N) is 1. The molecule has 0 aliphatic heterocycles. The Labute approximate surface area is 110 Å². The van der Waals surface area contributed by atoms with E-state index in [9.17, 15) is 4.79 Å². The van der Waals surface area contributed by atoms with Crippen LogP contribution in [0.25, 0.3) is 0 Å². The van der Waals surface area contributed by atoms with E-state index in [1.165, 1.54) is 0 Å². The molecule has 0 spiro atoms. The van der Waals surface area contributed by atoms with Crippen molar-refractivity contribution in [2.24, 2.45) is 0 Å². The minimum atomic E-state index is -0.106. The highest BCUT2D eigenvalue weighted by Crippen LogP contribution is 2.16. The smallest absolute Gasteiger partial charge is 0.251 e. The van der Waals surface area contributed by atoms with E-state index in [4.69, 9.17) is 5.73 Å². The first-order valence-electron chi connectivity index (χ1n) is 5.70. The molecule has 3 N–H and O–H groups in total. The molecule has 5 heteroatoms. The van der Waals surface area contributed by atoms with Crippen molar-refractivity contribution in [3.05, 3.63) is 46.4 Å². The number of nitrogens with two attached hydrogens (primary N) is 1. The lowest BCUT2D eigenvalue weighted by molar-refractivity contribution is 0.0951. The molecule has 1 atom stereocenters. The van der Waals surface area contributed by atoms with Crippen molar-refractivity contribution in [3.8, 4) is 0 Å². The van der Waals surface area contributed by atoms with Gasteiger partial charge in [-0.3, -0.25) is 4.79 Å². The fourth-order valence-electron chi connectivity index (χ4n) is 1.59. The third kappa shape index (κ3) is 3.07. The Balaban J connectivity index is 1.92. The minimum absolute atomic E-state index is 0.106. The molecule has 2 aromatic rings. The molecule has 0 radical (unpaired) electrons. The second-order valence-electron chi connectivity index (χ2n) is 4.11. The van der Waals surface area contributed by atoms with Gasteiger partial charge in [0.05, 0.1) is 5.01 Å². The molecule has 0 aliphatic carbocycles. The fraction of sp³-hybridized carbons (Fsp3) is 0.231. The highest BCUT2D eigenvalue weighted by molar-refractivity contribution is 7.09. The van der Waals surface area contributed by atoms with Gasteiger partial charge in [-0.05, 0) is 18.2 Å². The van der Waals surface area contributed by atoms with Crippen LogP contribution in [0.5, 0.6) is 0 Å². The highest BCUT2D eigenvalue weighted by Gasteiger charge is 2.11. The zero-order valence-corrected chi connectivity index (χ0v) is 10.9. The summed E-state index contributed by atoms with van der Waals surface area (Å²) in [6.07, 6.45) is 1.77. The first-order chi connectivity index (χ1) is 8.66. The van der Waals surface area contributed by atoms with E-state index in [2.05, 4.69) is 10.3 Å². The third-order valence-corrected chi connectivity index (χ3v) is 3.60. The molecule has 94 valence electrons. The van der Waals surface area contributed by atoms with Gasteiger partial charge in [0, 0.05) is 35.3 Å². The number of carbonyl (C=O) groups is 1. The summed E-state index contributed by atoms with van der Waals surface area (Å²) in [4.78, 5) is 16.1. The van der Waals surface area contributed by atoms with Gasteiger partial charge in [0.2, 0.25) is 0 Å². The SMILES string of the molecule is CC(CNC(=O)c1cccc(N)c1)c1nccs1. The van der Waals surface area contributed by atoms with E-state index in [0.717, 1.165) is 5.01 Å². The van der Waals surface area contributed by atoms with Gasteiger partial charge in [0.25, 0.3) is 5.91 Å². The number of aromatic nitrogens is 1. The lowest BCUT2D eigenvalue weighted by atomic mass is 10.1. The van der Waals surface area contributed by atoms with Gasteiger partial charge >= 0.3 is 0 Å². The van der Waals surface area contributed by atoms with Crippen LogP contribution in [0.15, 0.2) is 35.8 Å². The number of amides is 1. The number of hydrogen-bond acceptors (Lipinski definition) is 4. The molecule has 0 fully saturated rings. The summed E-state index contributed by atoms with van der Waals surface area (Å²) < 4.78 is 0. The zero-order chi connectivity index (χ0) is 13.0. The second-order valence-corrected chi connectivity index (χ2v) is 5.03. The van der Waals surface area contributed by atoms with Crippen molar-refractivity contribution in [1.82, 2.24) is 10.3 Å². The molecule has 0 bridgehead atoms. The number of anilines is 1. The second kappa shape index (κ2) is 5.64. The van der Waals surface area contributed by atoms with Crippen LogP contribution in [0.1, 0.15) is 28.2 Å². The Morgan fingerprint density at radius 1 is 1.56 bits per heavy atom. The first-order valence-corrected chi connectivity index (χ1v) is 6.58. The lowest BCUT2D eigenvalue weighted by Gasteiger charge is -2.10. The van der Waals surface area contributed by atoms with Gasteiger partial charge < -0.3 is 11.1 Å². The van der Waals surface area contributed by atoms with Crippen LogP contribution in [-0.4, -0.2) is 17.4 Å². The highest BCUT2D eigenvalue weighted by atomic mass is 32.1. The summed E-state index contributed by atoms with van der Waals surface area (Å²) in [5, 5.41) is 5.85. The van der Waals surface area contributed by atoms with Crippen molar-refractivity contribution in [3.63, 3.8) is 0 Å². The number of nitrogen functional groups attached to an aromatic ring is 1. The minimum Gasteiger partial charge on any atom is -0.399 e. The molecule has 1 aromatic carbocycles. The molecule has 0 aliphatic rings. The average molecular weight is 261 g/mol. The summed E-state index contributed by atoms with van der Waals surface area (Å²) in [5.41, 5.74) is 6.82. The molecule has 1 heterocycles. The summed E-state index contributed by atoms with van der Waals surface area (Å²) in [6.45, 7) is 2.61. The van der Waals surface area contributed by atoms with Gasteiger partial charge in [0.15, 0.2) is 0 Å². The molecule has 2 rings (SSSR count). The van der Waals surface area contributed by atoms with Crippen molar-refractivity contribution < 1.29 is 4.79 Å². The topological polar surface area (TPSA) is 68.0 Å². The Morgan fingerprint density at radius 2 is 2.39 bits per heavy atom. The predicted molar refractivity (Wildman–Crippen MR) is 73.7 cm³/mol. The lowest BCUT2D eigenvalue weighted by Crippen LogP contribution is -2.27. The molecule has 0 saturated carbocycles. The number of hydrogen-bond donors (Lipinski definition) is 2. The summed E-state index contributed by atoms with van der Waals surface area (Å²) >= 11 is 1.60. The van der Waals surface area contributed by atoms with Crippen LogP contribution < -0.4 is 11.1 Å². The van der Waals surface area contributed by atoms with Crippen molar-refractivity contribution in [1.29, 1.82) is 0 Å². The van der Waals surface area contributed by atoms with E-state index in [0.29, 0.717) is 17.8 Å². The maximum absolute atomic E-state index is 11.9. The van der Waals surface area contributed by atoms with Crippen LogP contribution in [0.2, 0.25) is 0 Å². The first kappa shape index (κ1) is 12.6. The molecule has 1 amide bonds. The summed E-state index contributed by atoms with van der Waals surface area (Å²) in [6, 6.07) is 6.95. The monoisotopic (exact) mass is 261 g/mol. The van der Waals surface area contributed by atoms with E-state index in [1.54, 1.807) is 41.8 Å². The zero-order valence-electron chi connectivity index (χ0n) is 10.1. The van der Waals surface area contributed by atoms with Crippen LogP contribution in [-0.2, 0) is 0 Å². The van der Waals surface area contributed by atoms with Crippen LogP contribution in [0, 0.1) is 0 Å². The third-order valence-electron chi connectivity index (χ3n) is 2.59. The Hall–Kier alpha value is -1.88. The quantitative estimate of drug-likeness (QED) is 0.829. The van der Waals surface area contributed by atoms with Gasteiger partial charge in [-0.1, -0.05) is 13.0 Å². The van der Waals surface area contributed by atoms with E-state index >= 15 is 0 Å². The maximum atomic E-state index is 11.9. The van der Waals surface area contributed by atoms with E-state index in [-0.39, 0.29) is 11.8 Å². The molecule has 0 saturated heterocycles. The molecule has 1 aromatic heterocycles. The van der Waals surface area contributed by atoms with E-state index < -0.39 is 0 Å². The molecule has 1 unspecified atom stereocenters. The Morgan fingerprint density at radius 3 is 3.06 bits per heavy atom. The number of benzene rings is 1. The van der Waals surface area contributed by atoms with Crippen LogP contribution in [0.3, 0.4) is 0 Å². The molecular weight excluding hydrogens is 246 g/mol.